The van der Waals surface area contributed by atoms with Crippen LogP contribution in [0.15, 0.2) is 11.7 Å². The maximum absolute atomic E-state index is 11.8. The fourth-order valence-corrected chi connectivity index (χ4v) is 2.67. The number of hydrogen-bond donors (Lipinski definition) is 1. The summed E-state index contributed by atoms with van der Waals surface area (Å²) in [5, 5.41) is 3.71. The molecule has 1 amide bonds. The Morgan fingerprint density at radius 1 is 1.59 bits per heavy atom. The van der Waals surface area contributed by atoms with Crippen molar-refractivity contribution in [2.24, 2.45) is 5.92 Å². The van der Waals surface area contributed by atoms with Crippen LogP contribution in [-0.4, -0.2) is 35.4 Å². The summed E-state index contributed by atoms with van der Waals surface area (Å²) >= 11 is 1.46. The Kier molecular flexibility index (Phi) is 4.50. The fourth-order valence-electron chi connectivity index (χ4n) is 2.14. The summed E-state index contributed by atoms with van der Waals surface area (Å²) in [6, 6.07) is 0. The molecule has 1 aliphatic heterocycles. The van der Waals surface area contributed by atoms with E-state index >= 15 is 0 Å². The van der Waals surface area contributed by atoms with Gasteiger partial charge < -0.3 is 5.32 Å². The summed E-state index contributed by atoms with van der Waals surface area (Å²) in [4.78, 5) is 18.0. The second-order valence-electron chi connectivity index (χ2n) is 4.73. The van der Waals surface area contributed by atoms with Crippen molar-refractivity contribution in [1.29, 1.82) is 0 Å². The van der Waals surface area contributed by atoms with Crippen molar-refractivity contribution >= 4 is 22.2 Å². The molecule has 1 aliphatic rings. The predicted molar refractivity (Wildman–Crippen MR) is 70.2 cm³/mol. The van der Waals surface area contributed by atoms with Crippen LogP contribution in [0.3, 0.4) is 0 Å². The van der Waals surface area contributed by atoms with Crippen LogP contribution in [0, 0.1) is 5.92 Å². The maximum Gasteiger partial charge on any atom is 0.239 e. The van der Waals surface area contributed by atoms with Crippen LogP contribution in [0.2, 0.25) is 0 Å². The Morgan fingerprint density at radius 2 is 2.47 bits per heavy atom. The number of likely N-dealkylation sites (tertiary alicyclic amines) is 1. The lowest BCUT2D eigenvalue weighted by molar-refractivity contribution is -0.117. The van der Waals surface area contributed by atoms with Crippen LogP contribution in [0.4, 0.5) is 5.00 Å². The Hall–Kier alpha value is -0.940. The molecule has 4 nitrogen and oxygen atoms in total. The van der Waals surface area contributed by atoms with Crippen LogP contribution in [-0.2, 0) is 4.79 Å². The van der Waals surface area contributed by atoms with Crippen molar-refractivity contribution in [3.05, 3.63) is 11.7 Å². The Balaban J connectivity index is 1.78. The number of carbonyl (C=O) groups is 1. The Bertz CT molecular complexity index is 353. The van der Waals surface area contributed by atoms with E-state index in [0.29, 0.717) is 6.54 Å². The molecular weight excluding hydrogens is 234 g/mol. The average Bonchev–Trinajstić information content (AvgIpc) is 2.70. The molecule has 5 heteroatoms. The molecule has 1 aromatic heterocycles. The summed E-state index contributed by atoms with van der Waals surface area (Å²) < 4.78 is 0. The van der Waals surface area contributed by atoms with E-state index in [0.717, 1.165) is 24.0 Å². The molecule has 17 heavy (non-hydrogen) atoms. The quantitative estimate of drug-likeness (QED) is 0.898. The van der Waals surface area contributed by atoms with Gasteiger partial charge in [-0.3, -0.25) is 14.7 Å². The summed E-state index contributed by atoms with van der Waals surface area (Å²) in [5.74, 6) is 0.869. The van der Waals surface area contributed by atoms with E-state index in [2.05, 4.69) is 22.1 Å². The Morgan fingerprint density at radius 3 is 3.24 bits per heavy atom. The van der Waals surface area contributed by atoms with Gasteiger partial charge in [-0.1, -0.05) is 6.92 Å². The first-order valence-electron chi connectivity index (χ1n) is 6.15. The molecule has 1 saturated heterocycles. The Labute approximate surface area is 106 Å². The number of amides is 1. The lowest BCUT2D eigenvalue weighted by Gasteiger charge is -2.18. The van der Waals surface area contributed by atoms with Gasteiger partial charge in [-0.15, -0.1) is 11.3 Å². The van der Waals surface area contributed by atoms with Crippen LogP contribution in [0.25, 0.3) is 0 Å². The van der Waals surface area contributed by atoms with Crippen LogP contribution in [0.5, 0.6) is 0 Å². The number of thiazole rings is 1. The minimum Gasteiger partial charge on any atom is -0.315 e. The molecule has 0 saturated carbocycles. The number of rotatable bonds is 3. The fraction of sp³-hybridized carbons (Fsp3) is 0.667. The van der Waals surface area contributed by atoms with E-state index in [9.17, 15) is 4.79 Å². The zero-order valence-electron chi connectivity index (χ0n) is 10.2. The summed E-state index contributed by atoms with van der Waals surface area (Å²) in [5.41, 5.74) is 1.73. The van der Waals surface area contributed by atoms with E-state index in [1.807, 2.05) is 0 Å². The molecule has 2 heterocycles. The second kappa shape index (κ2) is 6.12. The number of aromatic nitrogens is 1. The number of carbonyl (C=O) groups excluding carboxylic acids is 1. The normalized spacial score (nSPS) is 22.1. The first kappa shape index (κ1) is 12.5. The number of nitrogens with one attached hydrogen (secondary N) is 1. The van der Waals surface area contributed by atoms with Gasteiger partial charge in [-0.2, -0.15) is 0 Å². The van der Waals surface area contributed by atoms with Gasteiger partial charge in [0, 0.05) is 0 Å². The highest BCUT2D eigenvalue weighted by Gasteiger charge is 2.16. The van der Waals surface area contributed by atoms with Crippen LogP contribution in [0.1, 0.15) is 26.2 Å². The molecule has 1 fully saturated rings. The highest BCUT2D eigenvalue weighted by molar-refractivity contribution is 7.13. The van der Waals surface area contributed by atoms with Gasteiger partial charge in [-0.05, 0) is 38.3 Å². The third-order valence-corrected chi connectivity index (χ3v) is 3.86. The van der Waals surface area contributed by atoms with Crippen molar-refractivity contribution in [1.82, 2.24) is 9.88 Å². The largest absolute Gasteiger partial charge is 0.315 e. The monoisotopic (exact) mass is 253 g/mol. The van der Waals surface area contributed by atoms with Gasteiger partial charge >= 0.3 is 0 Å². The summed E-state index contributed by atoms with van der Waals surface area (Å²) in [6.07, 6.45) is 5.38. The molecule has 1 N–H and O–H groups in total. The molecule has 1 unspecified atom stereocenters. The first-order valence-corrected chi connectivity index (χ1v) is 7.02. The van der Waals surface area contributed by atoms with Crippen LogP contribution < -0.4 is 5.32 Å². The minimum absolute atomic E-state index is 0.0730. The lowest BCUT2D eigenvalue weighted by atomic mass is 10.0. The predicted octanol–water partition coefficient (Wildman–Crippen LogP) is 2.20. The van der Waals surface area contributed by atoms with Crippen molar-refractivity contribution in [2.45, 2.75) is 26.2 Å². The standard InChI is InChI=1S/C12H19N3OS/c1-10-3-2-5-15(6-4-10)8-11(16)14-12-7-13-9-17-12/h7,9-10H,2-6,8H2,1H3,(H,14,16). The van der Waals surface area contributed by atoms with E-state index in [4.69, 9.17) is 0 Å². The van der Waals surface area contributed by atoms with Gasteiger partial charge in [0.25, 0.3) is 0 Å². The van der Waals surface area contributed by atoms with Gasteiger partial charge in [0.05, 0.1) is 18.3 Å². The molecule has 0 aliphatic carbocycles. The van der Waals surface area contributed by atoms with E-state index in [1.54, 1.807) is 11.7 Å². The zero-order valence-corrected chi connectivity index (χ0v) is 11.0. The van der Waals surface area contributed by atoms with Crippen molar-refractivity contribution in [3.8, 4) is 0 Å². The lowest BCUT2D eigenvalue weighted by Crippen LogP contribution is -2.33. The minimum atomic E-state index is 0.0730. The first-order chi connectivity index (χ1) is 8.24. The third-order valence-electron chi connectivity index (χ3n) is 3.17. The second-order valence-corrected chi connectivity index (χ2v) is 5.61. The summed E-state index contributed by atoms with van der Waals surface area (Å²) in [7, 11) is 0. The molecule has 2 rings (SSSR count). The maximum atomic E-state index is 11.8. The van der Waals surface area contributed by atoms with Gasteiger partial charge in [-0.25, -0.2) is 0 Å². The highest BCUT2D eigenvalue weighted by atomic mass is 32.1. The van der Waals surface area contributed by atoms with E-state index in [-0.39, 0.29) is 5.91 Å². The highest BCUT2D eigenvalue weighted by Crippen LogP contribution is 2.16. The van der Waals surface area contributed by atoms with Gasteiger partial charge in [0.1, 0.15) is 5.00 Å². The number of nitrogens with zero attached hydrogens (tertiary/aromatic N) is 2. The van der Waals surface area contributed by atoms with Crippen molar-refractivity contribution in [2.75, 3.05) is 25.0 Å². The molecule has 0 bridgehead atoms. The molecule has 0 spiro atoms. The van der Waals surface area contributed by atoms with E-state index < -0.39 is 0 Å². The van der Waals surface area contributed by atoms with Crippen molar-refractivity contribution < 1.29 is 4.79 Å². The molecule has 94 valence electrons. The molecule has 0 radical (unpaired) electrons. The number of hydrogen-bond acceptors (Lipinski definition) is 4. The number of anilines is 1. The van der Waals surface area contributed by atoms with Crippen molar-refractivity contribution in [3.63, 3.8) is 0 Å². The zero-order chi connectivity index (χ0) is 12.1. The SMILES string of the molecule is CC1CCCN(CC(=O)Nc2cncs2)CC1. The van der Waals surface area contributed by atoms with Crippen LogP contribution >= 0.6 is 11.3 Å². The smallest absolute Gasteiger partial charge is 0.239 e. The van der Waals surface area contributed by atoms with Gasteiger partial charge in [0.15, 0.2) is 0 Å². The topological polar surface area (TPSA) is 45.2 Å². The molecule has 0 aromatic carbocycles. The molecule has 1 aromatic rings. The van der Waals surface area contributed by atoms with E-state index in [1.165, 1.54) is 30.6 Å². The molecular formula is C12H19N3OS. The summed E-state index contributed by atoms with van der Waals surface area (Å²) in [6.45, 7) is 4.88. The average molecular weight is 253 g/mol. The molecule has 1 atom stereocenters. The third kappa shape index (κ3) is 4.09. The van der Waals surface area contributed by atoms with Gasteiger partial charge in [0.2, 0.25) is 5.91 Å².